The van der Waals surface area contributed by atoms with Crippen LogP contribution in [0.1, 0.15) is 23.2 Å². The van der Waals surface area contributed by atoms with Crippen LogP contribution in [0.15, 0.2) is 29.2 Å². The van der Waals surface area contributed by atoms with Gasteiger partial charge in [-0.15, -0.1) is 0 Å². The zero-order chi connectivity index (χ0) is 14.7. The number of aromatic amines is 1. The molecule has 0 spiro atoms. The van der Waals surface area contributed by atoms with Crippen LogP contribution in [0.3, 0.4) is 0 Å². The third-order valence-electron chi connectivity index (χ3n) is 2.79. The molecule has 0 aliphatic carbocycles. The minimum atomic E-state index is -0.472. The number of fused-ring (bicyclic) bond motifs is 1. The Balaban J connectivity index is 1.70. The van der Waals surface area contributed by atoms with Gasteiger partial charge in [0.15, 0.2) is 11.5 Å². The fourth-order valence-corrected chi connectivity index (χ4v) is 1.85. The van der Waals surface area contributed by atoms with E-state index in [2.05, 4.69) is 25.3 Å². The fraction of sp³-hybridized carbons (Fsp3) is 0.231. The molecule has 3 heterocycles. The van der Waals surface area contributed by atoms with Gasteiger partial charge in [0.25, 0.3) is 0 Å². The molecule has 8 heteroatoms. The van der Waals surface area contributed by atoms with Crippen LogP contribution in [0.25, 0.3) is 11.2 Å². The van der Waals surface area contributed by atoms with E-state index >= 15 is 0 Å². The highest BCUT2D eigenvalue weighted by molar-refractivity contribution is 5.86. The van der Waals surface area contributed by atoms with Gasteiger partial charge in [0.2, 0.25) is 5.76 Å². The number of anilines is 1. The number of hydrogen-bond donors (Lipinski definition) is 2. The summed E-state index contributed by atoms with van der Waals surface area (Å²) in [4.78, 5) is 26.7. The molecule has 2 N–H and O–H groups in total. The van der Waals surface area contributed by atoms with Gasteiger partial charge in [-0.2, -0.15) is 0 Å². The number of imidazole rings is 1. The molecular formula is C13H13N5O3. The Morgan fingerprint density at radius 1 is 1.38 bits per heavy atom. The molecule has 0 aromatic carbocycles. The molecule has 0 aliphatic heterocycles. The second-order valence-corrected chi connectivity index (χ2v) is 4.16. The van der Waals surface area contributed by atoms with Gasteiger partial charge in [0.05, 0.1) is 19.5 Å². The van der Waals surface area contributed by atoms with Crippen LogP contribution in [0.5, 0.6) is 0 Å². The number of carbonyl (C=O) groups is 1. The molecule has 0 bridgehead atoms. The number of carbonyl (C=O) groups excluding carboxylic acids is 1. The van der Waals surface area contributed by atoms with Crippen molar-refractivity contribution in [3.8, 4) is 0 Å². The van der Waals surface area contributed by atoms with Gasteiger partial charge in [0, 0.05) is 0 Å². The van der Waals surface area contributed by atoms with E-state index in [1.165, 1.54) is 6.33 Å². The summed E-state index contributed by atoms with van der Waals surface area (Å²) in [6.07, 6.45) is 2.99. The fourth-order valence-electron chi connectivity index (χ4n) is 1.85. The number of rotatable bonds is 5. The summed E-state index contributed by atoms with van der Waals surface area (Å²) in [5, 5.41) is 3.09. The molecule has 0 amide bonds. The van der Waals surface area contributed by atoms with Crippen molar-refractivity contribution in [3.63, 3.8) is 0 Å². The van der Waals surface area contributed by atoms with E-state index in [4.69, 9.17) is 9.15 Å². The van der Waals surface area contributed by atoms with E-state index < -0.39 is 5.97 Å². The van der Waals surface area contributed by atoms with E-state index in [0.717, 1.165) is 0 Å². The van der Waals surface area contributed by atoms with Gasteiger partial charge in [-0.1, -0.05) is 0 Å². The highest BCUT2D eigenvalue weighted by Gasteiger charge is 2.12. The van der Waals surface area contributed by atoms with E-state index in [9.17, 15) is 4.79 Å². The average molecular weight is 287 g/mol. The van der Waals surface area contributed by atoms with E-state index in [0.29, 0.717) is 35.9 Å². The van der Waals surface area contributed by atoms with Crippen molar-refractivity contribution in [2.24, 2.45) is 0 Å². The quantitative estimate of drug-likeness (QED) is 0.688. The normalized spacial score (nSPS) is 10.7. The van der Waals surface area contributed by atoms with Gasteiger partial charge < -0.3 is 19.5 Å². The van der Waals surface area contributed by atoms with Crippen LogP contribution < -0.4 is 5.32 Å². The van der Waals surface area contributed by atoms with Gasteiger partial charge in [-0.3, -0.25) is 0 Å². The average Bonchev–Trinajstić information content (AvgIpc) is 3.14. The summed E-state index contributed by atoms with van der Waals surface area (Å²) >= 11 is 0. The molecule has 0 radical (unpaired) electrons. The molecule has 0 unspecified atom stereocenters. The van der Waals surface area contributed by atoms with Crippen LogP contribution in [-0.4, -0.2) is 32.5 Å². The van der Waals surface area contributed by atoms with Crippen LogP contribution in [0, 0.1) is 0 Å². The summed E-state index contributed by atoms with van der Waals surface area (Å²) in [6, 6.07) is 3.29. The number of esters is 1. The maximum atomic E-state index is 11.5. The van der Waals surface area contributed by atoms with Crippen molar-refractivity contribution < 1.29 is 13.9 Å². The Kier molecular flexibility index (Phi) is 3.50. The number of aromatic nitrogens is 4. The van der Waals surface area contributed by atoms with Gasteiger partial charge in [-0.25, -0.2) is 19.7 Å². The van der Waals surface area contributed by atoms with Gasteiger partial charge in [0.1, 0.15) is 17.6 Å². The largest absolute Gasteiger partial charge is 0.460 e. The zero-order valence-corrected chi connectivity index (χ0v) is 11.3. The summed E-state index contributed by atoms with van der Waals surface area (Å²) in [5.74, 6) is 0.900. The molecule has 0 saturated carbocycles. The maximum absolute atomic E-state index is 11.5. The number of nitrogens with zero attached hydrogens (tertiary/aromatic N) is 3. The standard InChI is InChI=1S/C13H13N5O3/c1-2-20-13(19)9-4-3-8(21-9)5-14-11-10-12(16-6-15-10)18-7-17-11/h3-4,6-7H,2,5H2,1H3,(H2,14,15,16,17,18). The molecule has 0 saturated heterocycles. The second-order valence-electron chi connectivity index (χ2n) is 4.16. The Hall–Kier alpha value is -2.90. The van der Waals surface area contributed by atoms with Crippen molar-refractivity contribution in [3.05, 3.63) is 36.3 Å². The summed E-state index contributed by atoms with van der Waals surface area (Å²) in [7, 11) is 0. The minimum Gasteiger partial charge on any atom is -0.460 e. The lowest BCUT2D eigenvalue weighted by atomic mass is 10.4. The van der Waals surface area contributed by atoms with Crippen LogP contribution in [0.2, 0.25) is 0 Å². The van der Waals surface area contributed by atoms with Crippen molar-refractivity contribution in [2.45, 2.75) is 13.5 Å². The predicted molar refractivity (Wildman–Crippen MR) is 73.7 cm³/mol. The van der Waals surface area contributed by atoms with Crippen LogP contribution >= 0.6 is 0 Å². The topological polar surface area (TPSA) is 106 Å². The summed E-state index contributed by atoms with van der Waals surface area (Å²) in [5.41, 5.74) is 1.30. The smallest absolute Gasteiger partial charge is 0.374 e. The third-order valence-corrected chi connectivity index (χ3v) is 2.79. The molecule has 3 rings (SSSR count). The number of ether oxygens (including phenoxy) is 1. The molecule has 3 aromatic heterocycles. The number of H-pyrrole nitrogens is 1. The minimum absolute atomic E-state index is 0.182. The first-order chi connectivity index (χ1) is 10.3. The molecule has 0 aliphatic rings. The lowest BCUT2D eigenvalue weighted by Crippen LogP contribution is -2.03. The van der Waals surface area contributed by atoms with Crippen molar-refractivity contribution in [2.75, 3.05) is 11.9 Å². The van der Waals surface area contributed by atoms with Crippen molar-refractivity contribution in [1.29, 1.82) is 0 Å². The van der Waals surface area contributed by atoms with Gasteiger partial charge >= 0.3 is 5.97 Å². The first-order valence-electron chi connectivity index (χ1n) is 6.41. The molecule has 108 valence electrons. The van der Waals surface area contributed by atoms with Crippen LogP contribution in [0.4, 0.5) is 5.82 Å². The molecule has 21 heavy (non-hydrogen) atoms. The summed E-state index contributed by atoms with van der Waals surface area (Å²) in [6.45, 7) is 2.43. The van der Waals surface area contributed by atoms with Crippen molar-refractivity contribution >= 4 is 23.0 Å². The van der Waals surface area contributed by atoms with Crippen molar-refractivity contribution in [1.82, 2.24) is 19.9 Å². The number of nitrogens with one attached hydrogen (secondary N) is 2. The number of hydrogen-bond acceptors (Lipinski definition) is 7. The lowest BCUT2D eigenvalue weighted by molar-refractivity contribution is 0.0488. The Labute approximate surface area is 119 Å². The second kappa shape index (κ2) is 5.61. The molecule has 3 aromatic rings. The van der Waals surface area contributed by atoms with E-state index in [1.807, 2.05) is 0 Å². The lowest BCUT2D eigenvalue weighted by Gasteiger charge is -2.03. The monoisotopic (exact) mass is 287 g/mol. The maximum Gasteiger partial charge on any atom is 0.374 e. The molecule has 0 fully saturated rings. The van der Waals surface area contributed by atoms with Gasteiger partial charge in [-0.05, 0) is 19.1 Å². The Morgan fingerprint density at radius 3 is 3.14 bits per heavy atom. The first-order valence-corrected chi connectivity index (χ1v) is 6.41. The highest BCUT2D eigenvalue weighted by Crippen LogP contribution is 2.16. The highest BCUT2D eigenvalue weighted by atomic mass is 16.5. The zero-order valence-electron chi connectivity index (χ0n) is 11.3. The Bertz CT molecular complexity index is 764. The third kappa shape index (κ3) is 2.69. The Morgan fingerprint density at radius 2 is 2.29 bits per heavy atom. The first kappa shape index (κ1) is 13.1. The molecule has 8 nitrogen and oxygen atoms in total. The van der Waals surface area contributed by atoms with E-state index in [-0.39, 0.29) is 5.76 Å². The molecular weight excluding hydrogens is 274 g/mol. The van der Waals surface area contributed by atoms with E-state index in [1.54, 1.807) is 25.4 Å². The van der Waals surface area contributed by atoms with Crippen LogP contribution in [-0.2, 0) is 11.3 Å². The number of furan rings is 1. The summed E-state index contributed by atoms with van der Waals surface area (Å²) < 4.78 is 10.3. The SMILES string of the molecule is CCOC(=O)c1ccc(CNc2ncnc3[nH]cnc23)o1. The molecule has 0 atom stereocenters. The predicted octanol–water partition coefficient (Wildman–Crippen LogP) is 1.73.